The highest BCUT2D eigenvalue weighted by Crippen LogP contribution is 2.32. The minimum Gasteiger partial charge on any atom is -0.496 e. The van der Waals surface area contributed by atoms with Gasteiger partial charge in [0.25, 0.3) is 5.56 Å². The summed E-state index contributed by atoms with van der Waals surface area (Å²) in [5, 5.41) is 0.154. The second-order valence-electron chi connectivity index (χ2n) is 6.83. The van der Waals surface area contributed by atoms with E-state index in [1.165, 1.54) is 0 Å². The molecule has 0 aliphatic rings. The molecule has 5 nitrogen and oxygen atoms in total. The van der Waals surface area contributed by atoms with Gasteiger partial charge in [-0.3, -0.25) is 4.79 Å². The minimum atomic E-state index is -4.49. The van der Waals surface area contributed by atoms with Crippen LogP contribution < -0.4 is 15.0 Å². The van der Waals surface area contributed by atoms with Gasteiger partial charge in [0.05, 0.1) is 24.9 Å². The Balaban J connectivity index is 2.20. The van der Waals surface area contributed by atoms with Crippen LogP contribution in [0.1, 0.15) is 23.9 Å². The van der Waals surface area contributed by atoms with E-state index in [-0.39, 0.29) is 23.2 Å². The molecule has 0 aliphatic heterocycles. The SMILES string of the molecule is CCc1cc2c(c(OCC(F)(F)F)c(C)n2C)c(=O)n1Cc1ccccc1OC. The van der Waals surface area contributed by atoms with E-state index in [9.17, 15) is 18.0 Å². The molecule has 0 fully saturated rings. The van der Waals surface area contributed by atoms with Crippen molar-refractivity contribution in [1.82, 2.24) is 9.13 Å². The summed E-state index contributed by atoms with van der Waals surface area (Å²) in [6.07, 6.45) is -3.91. The molecule has 0 amide bonds. The number of pyridine rings is 1. The zero-order valence-corrected chi connectivity index (χ0v) is 16.8. The maximum Gasteiger partial charge on any atom is 0.422 e. The predicted molar refractivity (Wildman–Crippen MR) is 105 cm³/mol. The van der Waals surface area contributed by atoms with Crippen LogP contribution in [-0.4, -0.2) is 29.0 Å². The van der Waals surface area contributed by atoms with Crippen LogP contribution in [0.15, 0.2) is 35.1 Å². The summed E-state index contributed by atoms with van der Waals surface area (Å²) in [4.78, 5) is 13.4. The van der Waals surface area contributed by atoms with Crippen molar-refractivity contribution in [3.63, 3.8) is 0 Å². The summed E-state index contributed by atoms with van der Waals surface area (Å²) in [6.45, 7) is 2.36. The molecule has 0 N–H and O–H groups in total. The van der Waals surface area contributed by atoms with Gasteiger partial charge in [0.1, 0.15) is 11.1 Å². The maximum absolute atomic E-state index is 13.4. The van der Waals surface area contributed by atoms with Crippen molar-refractivity contribution >= 4 is 10.9 Å². The number of benzene rings is 1. The standard InChI is InChI=1S/C21H23F3N2O3/c1-5-15-10-16-18(19(13(2)25(16)3)29-12-21(22,23)24)20(27)26(15)11-14-8-6-7-9-17(14)28-4/h6-10H,5,11-12H2,1-4H3. The number of halogens is 3. The largest absolute Gasteiger partial charge is 0.496 e. The number of aryl methyl sites for hydroxylation is 2. The molecular weight excluding hydrogens is 385 g/mol. The molecule has 1 aromatic carbocycles. The topological polar surface area (TPSA) is 45.4 Å². The lowest BCUT2D eigenvalue weighted by Crippen LogP contribution is -2.25. The van der Waals surface area contributed by atoms with Crippen molar-refractivity contribution in [2.24, 2.45) is 7.05 Å². The second-order valence-corrected chi connectivity index (χ2v) is 6.83. The number of methoxy groups -OCH3 is 1. The molecule has 2 aromatic heterocycles. The van der Waals surface area contributed by atoms with Gasteiger partial charge in [0, 0.05) is 18.3 Å². The van der Waals surface area contributed by atoms with E-state index in [1.807, 2.05) is 31.2 Å². The Labute approximate surface area is 166 Å². The van der Waals surface area contributed by atoms with Crippen LogP contribution in [0.5, 0.6) is 11.5 Å². The average Bonchev–Trinajstić information content (AvgIpc) is 2.92. The first-order valence-corrected chi connectivity index (χ1v) is 9.21. The van der Waals surface area contributed by atoms with Gasteiger partial charge in [0.15, 0.2) is 12.4 Å². The van der Waals surface area contributed by atoms with Gasteiger partial charge in [-0.05, 0) is 25.5 Å². The number of aromatic nitrogens is 2. The first kappa shape index (κ1) is 20.8. The third-order valence-electron chi connectivity index (χ3n) is 5.05. The van der Waals surface area contributed by atoms with Crippen molar-refractivity contribution in [3.8, 4) is 11.5 Å². The highest BCUT2D eigenvalue weighted by molar-refractivity contribution is 5.88. The Kier molecular flexibility index (Phi) is 5.64. The third-order valence-corrected chi connectivity index (χ3v) is 5.05. The fourth-order valence-corrected chi connectivity index (χ4v) is 3.48. The monoisotopic (exact) mass is 408 g/mol. The lowest BCUT2D eigenvalue weighted by Gasteiger charge is -2.15. The molecule has 0 spiro atoms. The van der Waals surface area contributed by atoms with E-state index in [4.69, 9.17) is 9.47 Å². The van der Waals surface area contributed by atoms with Crippen LogP contribution in [0.25, 0.3) is 10.9 Å². The molecule has 0 radical (unpaired) electrons. The highest BCUT2D eigenvalue weighted by atomic mass is 19.4. The number of hydrogen-bond donors (Lipinski definition) is 0. The Morgan fingerprint density at radius 3 is 2.48 bits per heavy atom. The van der Waals surface area contributed by atoms with Gasteiger partial charge in [-0.1, -0.05) is 25.1 Å². The number of alkyl halides is 3. The summed E-state index contributed by atoms with van der Waals surface area (Å²) in [5.41, 5.74) is 2.22. The predicted octanol–water partition coefficient (Wildman–Crippen LogP) is 4.21. The molecule has 2 heterocycles. The molecular formula is C21H23F3N2O3. The van der Waals surface area contributed by atoms with Crippen molar-refractivity contribution in [3.05, 3.63) is 57.6 Å². The van der Waals surface area contributed by atoms with Crippen molar-refractivity contribution in [2.75, 3.05) is 13.7 Å². The summed E-state index contributed by atoms with van der Waals surface area (Å²) >= 11 is 0. The Hall–Kier alpha value is -2.90. The molecule has 0 bridgehead atoms. The smallest absolute Gasteiger partial charge is 0.422 e. The van der Waals surface area contributed by atoms with E-state index in [0.29, 0.717) is 23.4 Å². The number of para-hydroxylation sites is 1. The molecule has 3 rings (SSSR count). The molecule has 0 aliphatic carbocycles. The van der Waals surface area contributed by atoms with Crippen LogP contribution in [-0.2, 0) is 20.0 Å². The molecule has 0 saturated carbocycles. The summed E-state index contributed by atoms with van der Waals surface area (Å²) in [5.74, 6) is 0.612. The molecule has 0 saturated heterocycles. The lowest BCUT2D eigenvalue weighted by molar-refractivity contribution is -0.153. The normalized spacial score (nSPS) is 11.8. The molecule has 0 unspecified atom stereocenters. The zero-order valence-electron chi connectivity index (χ0n) is 16.8. The highest BCUT2D eigenvalue weighted by Gasteiger charge is 2.30. The van der Waals surface area contributed by atoms with Crippen molar-refractivity contribution < 1.29 is 22.6 Å². The average molecular weight is 408 g/mol. The molecule has 8 heteroatoms. The van der Waals surface area contributed by atoms with Gasteiger partial charge in [-0.15, -0.1) is 0 Å². The third kappa shape index (κ3) is 3.97. The number of hydrogen-bond acceptors (Lipinski definition) is 3. The fourth-order valence-electron chi connectivity index (χ4n) is 3.48. The van der Waals surface area contributed by atoms with Crippen LogP contribution in [0, 0.1) is 6.92 Å². The Morgan fingerprint density at radius 2 is 1.86 bits per heavy atom. The first-order chi connectivity index (χ1) is 13.7. The van der Waals surface area contributed by atoms with E-state index in [2.05, 4.69) is 0 Å². The maximum atomic E-state index is 13.4. The fraction of sp³-hybridized carbons (Fsp3) is 0.381. The Bertz CT molecular complexity index is 1100. The molecule has 29 heavy (non-hydrogen) atoms. The summed E-state index contributed by atoms with van der Waals surface area (Å²) < 4.78 is 51.8. The lowest BCUT2D eigenvalue weighted by atomic mass is 10.1. The quantitative estimate of drug-likeness (QED) is 0.614. The van der Waals surface area contributed by atoms with E-state index < -0.39 is 12.8 Å². The van der Waals surface area contributed by atoms with Crippen molar-refractivity contribution in [1.29, 1.82) is 0 Å². The zero-order chi connectivity index (χ0) is 21.3. The Morgan fingerprint density at radius 1 is 1.17 bits per heavy atom. The van der Waals surface area contributed by atoms with E-state index in [1.54, 1.807) is 36.3 Å². The number of nitrogens with zero attached hydrogens (tertiary/aromatic N) is 2. The van der Waals surface area contributed by atoms with Gasteiger partial charge >= 0.3 is 6.18 Å². The number of ether oxygens (including phenoxy) is 2. The molecule has 156 valence electrons. The van der Waals surface area contributed by atoms with Crippen LogP contribution in [0.4, 0.5) is 13.2 Å². The van der Waals surface area contributed by atoms with Gasteiger partial charge < -0.3 is 18.6 Å². The van der Waals surface area contributed by atoms with Crippen molar-refractivity contribution in [2.45, 2.75) is 33.0 Å². The number of fused-ring (bicyclic) bond motifs is 1. The second kappa shape index (κ2) is 7.85. The first-order valence-electron chi connectivity index (χ1n) is 9.21. The molecule has 3 aromatic rings. The molecule has 0 atom stereocenters. The van der Waals surface area contributed by atoms with E-state index in [0.717, 1.165) is 11.3 Å². The number of rotatable bonds is 6. The summed E-state index contributed by atoms with van der Waals surface area (Å²) in [7, 11) is 3.26. The van der Waals surface area contributed by atoms with Gasteiger partial charge in [-0.2, -0.15) is 13.2 Å². The van der Waals surface area contributed by atoms with Gasteiger partial charge in [-0.25, -0.2) is 0 Å². The van der Waals surface area contributed by atoms with Gasteiger partial charge in [0.2, 0.25) is 0 Å². The minimum absolute atomic E-state index is 0.0266. The van der Waals surface area contributed by atoms with Crippen LogP contribution in [0.2, 0.25) is 0 Å². The van der Waals surface area contributed by atoms with E-state index >= 15 is 0 Å². The summed E-state index contributed by atoms with van der Waals surface area (Å²) in [6, 6.07) is 9.16. The van der Waals surface area contributed by atoms with Crippen LogP contribution in [0.3, 0.4) is 0 Å². The van der Waals surface area contributed by atoms with Crippen LogP contribution >= 0.6 is 0 Å².